The molecular weight excluding hydrogens is 300 g/mol. The zero-order valence-corrected chi connectivity index (χ0v) is 13.6. The third-order valence-electron chi connectivity index (χ3n) is 3.54. The summed E-state index contributed by atoms with van der Waals surface area (Å²) in [5.74, 6) is 0. The minimum atomic E-state index is 0.371. The molecular formula is C18H20N6. The van der Waals surface area contributed by atoms with Gasteiger partial charge in [0, 0.05) is 26.2 Å². The predicted octanol–water partition coefficient (Wildman–Crippen LogP) is 2.95. The zero-order chi connectivity index (χ0) is 17.6. The SMILES string of the molecule is N#CCCN(CCC#N)c1ccccc1N(CCC#N)CCC#N. The van der Waals surface area contributed by atoms with Gasteiger partial charge in [-0.15, -0.1) is 0 Å². The first-order chi connectivity index (χ1) is 11.8. The highest BCUT2D eigenvalue weighted by Crippen LogP contribution is 2.30. The maximum atomic E-state index is 8.87. The van der Waals surface area contributed by atoms with Crippen molar-refractivity contribution in [3.63, 3.8) is 0 Å². The van der Waals surface area contributed by atoms with E-state index in [0.717, 1.165) is 11.4 Å². The van der Waals surface area contributed by atoms with E-state index < -0.39 is 0 Å². The molecule has 0 unspecified atom stereocenters. The monoisotopic (exact) mass is 320 g/mol. The van der Waals surface area contributed by atoms with Crippen LogP contribution in [0.4, 0.5) is 11.4 Å². The van der Waals surface area contributed by atoms with Crippen LogP contribution >= 0.6 is 0 Å². The maximum absolute atomic E-state index is 8.87. The van der Waals surface area contributed by atoms with Crippen molar-refractivity contribution < 1.29 is 0 Å². The summed E-state index contributed by atoms with van der Waals surface area (Å²) < 4.78 is 0. The normalized spacial score (nSPS) is 9.17. The minimum absolute atomic E-state index is 0.371. The van der Waals surface area contributed by atoms with Crippen LogP contribution in [-0.2, 0) is 0 Å². The number of nitriles is 4. The first kappa shape index (κ1) is 18.8. The molecule has 1 aromatic rings. The van der Waals surface area contributed by atoms with Crippen molar-refractivity contribution in [1.82, 2.24) is 0 Å². The lowest BCUT2D eigenvalue weighted by Gasteiger charge is -2.31. The molecule has 6 nitrogen and oxygen atoms in total. The summed E-state index contributed by atoms with van der Waals surface area (Å²) in [6.45, 7) is 2.16. The third kappa shape index (κ3) is 5.88. The molecule has 1 aromatic carbocycles. The number of hydrogen-bond donors (Lipinski definition) is 0. The summed E-state index contributed by atoms with van der Waals surface area (Å²) >= 11 is 0. The van der Waals surface area contributed by atoms with Gasteiger partial charge < -0.3 is 9.80 Å². The summed E-state index contributed by atoms with van der Waals surface area (Å²) in [5.41, 5.74) is 1.86. The van der Waals surface area contributed by atoms with Gasteiger partial charge in [0.05, 0.1) is 61.3 Å². The van der Waals surface area contributed by atoms with Gasteiger partial charge in [-0.1, -0.05) is 12.1 Å². The lowest BCUT2D eigenvalue weighted by molar-refractivity contribution is 0.770. The van der Waals surface area contributed by atoms with Crippen LogP contribution in [0.15, 0.2) is 24.3 Å². The Kier molecular flexibility index (Phi) is 8.91. The molecule has 0 radical (unpaired) electrons. The Morgan fingerprint density at radius 3 is 1.12 bits per heavy atom. The Balaban J connectivity index is 3.12. The van der Waals surface area contributed by atoms with E-state index >= 15 is 0 Å². The molecule has 24 heavy (non-hydrogen) atoms. The number of hydrogen-bond acceptors (Lipinski definition) is 6. The lowest BCUT2D eigenvalue weighted by atomic mass is 10.2. The molecule has 1 rings (SSSR count). The molecule has 0 aromatic heterocycles. The average molecular weight is 320 g/mol. The number of nitrogens with zero attached hydrogens (tertiary/aromatic N) is 6. The van der Waals surface area contributed by atoms with Crippen LogP contribution in [0.5, 0.6) is 0 Å². The fourth-order valence-electron chi connectivity index (χ4n) is 2.44. The van der Waals surface area contributed by atoms with Gasteiger partial charge in [-0.2, -0.15) is 21.0 Å². The van der Waals surface area contributed by atoms with E-state index in [2.05, 4.69) is 24.3 Å². The smallest absolute Gasteiger partial charge is 0.0640 e. The summed E-state index contributed by atoms with van der Waals surface area (Å²) in [6.07, 6.45) is 1.48. The number of rotatable bonds is 10. The molecule has 0 saturated carbocycles. The highest BCUT2D eigenvalue weighted by molar-refractivity contribution is 5.71. The second kappa shape index (κ2) is 11.4. The minimum Gasteiger partial charge on any atom is -0.368 e. The standard InChI is InChI=1S/C18H20N6/c19-9-3-13-23(14-4-10-20)17-7-1-2-8-18(17)24(15-5-11-21)16-6-12-22/h1-2,7-8H,3-6,13-16H2. The van der Waals surface area contributed by atoms with Crippen molar-refractivity contribution in [3.8, 4) is 24.3 Å². The first-order valence-electron chi connectivity index (χ1n) is 7.85. The molecule has 0 aliphatic carbocycles. The van der Waals surface area contributed by atoms with E-state index in [1.54, 1.807) is 0 Å². The fraction of sp³-hybridized carbons (Fsp3) is 0.444. The van der Waals surface area contributed by atoms with Crippen molar-refractivity contribution in [2.45, 2.75) is 25.7 Å². The van der Waals surface area contributed by atoms with Gasteiger partial charge in [0.1, 0.15) is 0 Å². The van der Waals surface area contributed by atoms with E-state index in [0.29, 0.717) is 51.9 Å². The van der Waals surface area contributed by atoms with Crippen LogP contribution in [0.25, 0.3) is 0 Å². The third-order valence-corrected chi connectivity index (χ3v) is 3.54. The molecule has 0 fully saturated rings. The van der Waals surface area contributed by atoms with Crippen molar-refractivity contribution in [1.29, 1.82) is 21.0 Å². The van der Waals surface area contributed by atoms with Crippen LogP contribution in [0.2, 0.25) is 0 Å². The summed E-state index contributed by atoms with van der Waals surface area (Å²) in [6, 6.07) is 16.3. The number of benzene rings is 1. The van der Waals surface area contributed by atoms with Gasteiger partial charge in [0.2, 0.25) is 0 Å². The van der Waals surface area contributed by atoms with E-state index in [-0.39, 0.29) is 0 Å². The van der Waals surface area contributed by atoms with Crippen LogP contribution in [0, 0.1) is 45.3 Å². The number of para-hydroxylation sites is 2. The molecule has 0 aliphatic rings. The summed E-state index contributed by atoms with van der Waals surface area (Å²) in [5, 5.41) is 35.5. The van der Waals surface area contributed by atoms with Crippen molar-refractivity contribution in [2.24, 2.45) is 0 Å². The predicted molar refractivity (Wildman–Crippen MR) is 91.8 cm³/mol. The lowest BCUT2D eigenvalue weighted by Crippen LogP contribution is -2.31. The van der Waals surface area contributed by atoms with Crippen LogP contribution in [0.3, 0.4) is 0 Å². The largest absolute Gasteiger partial charge is 0.368 e. The Morgan fingerprint density at radius 1 is 0.583 bits per heavy atom. The van der Waals surface area contributed by atoms with E-state index in [4.69, 9.17) is 21.0 Å². The van der Waals surface area contributed by atoms with Crippen LogP contribution in [-0.4, -0.2) is 26.2 Å². The Bertz CT molecular complexity index is 575. The van der Waals surface area contributed by atoms with Gasteiger partial charge >= 0.3 is 0 Å². The van der Waals surface area contributed by atoms with Gasteiger partial charge in [0.15, 0.2) is 0 Å². The highest BCUT2D eigenvalue weighted by atomic mass is 15.2. The quantitative estimate of drug-likeness (QED) is 0.656. The molecule has 0 saturated heterocycles. The summed E-state index contributed by atoms with van der Waals surface area (Å²) in [7, 11) is 0. The Labute approximate surface area is 143 Å². The first-order valence-corrected chi connectivity index (χ1v) is 7.85. The average Bonchev–Trinajstić information content (AvgIpc) is 2.62. The molecule has 0 spiro atoms. The fourth-order valence-corrected chi connectivity index (χ4v) is 2.44. The second-order valence-electron chi connectivity index (χ2n) is 5.10. The Morgan fingerprint density at radius 2 is 0.875 bits per heavy atom. The Hall–Kier alpha value is -3.22. The van der Waals surface area contributed by atoms with Crippen molar-refractivity contribution in [2.75, 3.05) is 36.0 Å². The van der Waals surface area contributed by atoms with Gasteiger partial charge in [-0.05, 0) is 12.1 Å². The van der Waals surface area contributed by atoms with Gasteiger partial charge in [-0.25, -0.2) is 0 Å². The molecule has 122 valence electrons. The van der Waals surface area contributed by atoms with Crippen LogP contribution < -0.4 is 9.80 Å². The van der Waals surface area contributed by atoms with E-state index in [1.165, 1.54) is 0 Å². The van der Waals surface area contributed by atoms with E-state index in [1.807, 2.05) is 34.1 Å². The van der Waals surface area contributed by atoms with Gasteiger partial charge in [-0.3, -0.25) is 0 Å². The van der Waals surface area contributed by atoms with Crippen LogP contribution in [0.1, 0.15) is 25.7 Å². The molecule has 0 aliphatic heterocycles. The molecule has 0 amide bonds. The molecule has 0 bridgehead atoms. The summed E-state index contributed by atoms with van der Waals surface area (Å²) in [4.78, 5) is 4.04. The molecule has 6 heteroatoms. The second-order valence-corrected chi connectivity index (χ2v) is 5.10. The van der Waals surface area contributed by atoms with Gasteiger partial charge in [0.25, 0.3) is 0 Å². The molecule has 0 heterocycles. The molecule has 0 N–H and O–H groups in total. The zero-order valence-electron chi connectivity index (χ0n) is 13.6. The molecule has 0 atom stereocenters. The maximum Gasteiger partial charge on any atom is 0.0640 e. The van der Waals surface area contributed by atoms with Crippen molar-refractivity contribution >= 4 is 11.4 Å². The topological polar surface area (TPSA) is 102 Å². The highest BCUT2D eigenvalue weighted by Gasteiger charge is 2.15. The van der Waals surface area contributed by atoms with Crippen molar-refractivity contribution in [3.05, 3.63) is 24.3 Å². The number of anilines is 2. The van der Waals surface area contributed by atoms with E-state index in [9.17, 15) is 0 Å².